The maximum absolute atomic E-state index is 12.4. The summed E-state index contributed by atoms with van der Waals surface area (Å²) in [5.41, 5.74) is 2.39. The van der Waals surface area contributed by atoms with Gasteiger partial charge in [-0.15, -0.1) is 0 Å². The molecular formula is C21H27N3O5. The number of methoxy groups -OCH3 is 1. The van der Waals surface area contributed by atoms with Gasteiger partial charge >= 0.3 is 12.1 Å². The molecule has 1 unspecified atom stereocenters. The number of carbonyl (C=O) groups is 3. The van der Waals surface area contributed by atoms with E-state index in [0.717, 1.165) is 22.2 Å². The number of aromatic amines is 1. The Labute approximate surface area is 169 Å². The van der Waals surface area contributed by atoms with E-state index >= 15 is 0 Å². The summed E-state index contributed by atoms with van der Waals surface area (Å²) in [6, 6.07) is 5.40. The fourth-order valence-electron chi connectivity index (χ4n) is 3.61. The largest absolute Gasteiger partial charge is 0.468 e. The molecule has 0 bridgehead atoms. The number of fused-ring (bicyclic) bond motifs is 3. The van der Waals surface area contributed by atoms with Gasteiger partial charge in [-0.1, -0.05) is 13.0 Å². The smallest absolute Gasteiger partial charge is 0.412 e. The first-order valence-electron chi connectivity index (χ1n) is 9.63. The molecular weight excluding hydrogens is 374 g/mol. The number of hydrogen-bond donors (Lipinski definition) is 2. The van der Waals surface area contributed by atoms with Crippen molar-refractivity contribution in [1.29, 1.82) is 0 Å². The van der Waals surface area contributed by atoms with E-state index in [-0.39, 0.29) is 18.4 Å². The first-order valence-corrected chi connectivity index (χ1v) is 9.63. The molecule has 0 saturated carbocycles. The lowest BCUT2D eigenvalue weighted by Gasteiger charge is -2.31. The quantitative estimate of drug-likeness (QED) is 0.767. The molecule has 0 radical (unpaired) electrons. The second-order valence-electron chi connectivity index (χ2n) is 8.11. The van der Waals surface area contributed by atoms with Crippen LogP contribution < -0.4 is 5.32 Å². The highest BCUT2D eigenvalue weighted by Gasteiger charge is 2.35. The minimum atomic E-state index is -0.595. The van der Waals surface area contributed by atoms with Crippen LogP contribution in [0.2, 0.25) is 0 Å². The number of benzene rings is 1. The number of hydrogen-bond acceptors (Lipinski definition) is 5. The van der Waals surface area contributed by atoms with Gasteiger partial charge in [-0.2, -0.15) is 0 Å². The van der Waals surface area contributed by atoms with Crippen molar-refractivity contribution in [2.24, 2.45) is 0 Å². The topological polar surface area (TPSA) is 101 Å². The minimum Gasteiger partial charge on any atom is -0.468 e. The van der Waals surface area contributed by atoms with Gasteiger partial charge in [0.1, 0.15) is 11.5 Å². The summed E-state index contributed by atoms with van der Waals surface area (Å²) in [5, 5.41) is 3.58. The summed E-state index contributed by atoms with van der Waals surface area (Å²) in [6.45, 7) is 7.88. The van der Waals surface area contributed by atoms with E-state index in [2.05, 4.69) is 10.3 Å². The van der Waals surface area contributed by atoms with Gasteiger partial charge in [0.25, 0.3) is 0 Å². The Kier molecular flexibility index (Phi) is 5.55. The number of nitrogens with zero attached hydrogens (tertiary/aromatic N) is 1. The Hall–Kier alpha value is -3.03. The van der Waals surface area contributed by atoms with Gasteiger partial charge in [-0.25, -0.2) is 4.79 Å². The molecule has 3 rings (SSSR count). The Morgan fingerprint density at radius 1 is 1.28 bits per heavy atom. The monoisotopic (exact) mass is 401 g/mol. The normalized spacial score (nSPS) is 16.3. The molecule has 8 nitrogen and oxygen atoms in total. The Morgan fingerprint density at radius 3 is 2.62 bits per heavy atom. The molecule has 0 spiro atoms. The number of carbonyl (C=O) groups excluding carboxylic acids is 3. The zero-order chi connectivity index (χ0) is 21.3. The van der Waals surface area contributed by atoms with Gasteiger partial charge in [0, 0.05) is 35.2 Å². The van der Waals surface area contributed by atoms with Gasteiger partial charge in [0.2, 0.25) is 5.91 Å². The van der Waals surface area contributed by atoms with Crippen molar-refractivity contribution in [1.82, 2.24) is 9.88 Å². The van der Waals surface area contributed by atoms with Crippen LogP contribution in [0.25, 0.3) is 10.9 Å². The van der Waals surface area contributed by atoms with E-state index in [4.69, 9.17) is 9.47 Å². The van der Waals surface area contributed by atoms with Gasteiger partial charge < -0.3 is 19.4 Å². The van der Waals surface area contributed by atoms with E-state index in [1.54, 1.807) is 44.7 Å². The lowest BCUT2D eigenvalue weighted by molar-refractivity contribution is -0.144. The van der Waals surface area contributed by atoms with Crippen LogP contribution in [0.3, 0.4) is 0 Å². The zero-order valence-electron chi connectivity index (χ0n) is 17.4. The maximum Gasteiger partial charge on any atom is 0.412 e. The molecule has 2 amide bonds. The highest BCUT2D eigenvalue weighted by atomic mass is 16.6. The Morgan fingerprint density at radius 2 is 2.00 bits per heavy atom. The molecule has 1 aliphatic rings. The van der Waals surface area contributed by atoms with Crippen molar-refractivity contribution in [2.75, 3.05) is 19.0 Å². The van der Waals surface area contributed by atoms with Crippen molar-refractivity contribution in [3.05, 3.63) is 29.5 Å². The predicted molar refractivity (Wildman–Crippen MR) is 109 cm³/mol. The zero-order valence-corrected chi connectivity index (χ0v) is 17.4. The molecule has 0 saturated heterocycles. The second kappa shape index (κ2) is 7.77. The second-order valence-corrected chi connectivity index (χ2v) is 8.11. The molecule has 0 aliphatic carbocycles. The average molecular weight is 401 g/mol. The molecule has 0 fully saturated rings. The Bertz CT molecular complexity index is 957. The van der Waals surface area contributed by atoms with Crippen LogP contribution in [0.1, 0.15) is 51.3 Å². The summed E-state index contributed by atoms with van der Waals surface area (Å²) in [6.07, 6.45) is -0.173. The summed E-state index contributed by atoms with van der Waals surface area (Å²) < 4.78 is 10.3. The lowest BCUT2D eigenvalue weighted by Crippen LogP contribution is -2.40. The van der Waals surface area contributed by atoms with E-state index < -0.39 is 17.6 Å². The molecule has 1 aromatic carbocycles. The van der Waals surface area contributed by atoms with Crippen LogP contribution in [0.5, 0.6) is 0 Å². The molecule has 8 heteroatoms. The molecule has 2 N–H and O–H groups in total. The first kappa shape index (κ1) is 20.7. The highest BCUT2D eigenvalue weighted by molar-refractivity contribution is 5.96. The number of rotatable bonds is 3. The maximum atomic E-state index is 12.4. The van der Waals surface area contributed by atoms with E-state index in [9.17, 15) is 14.4 Å². The number of esters is 1. The molecule has 1 aliphatic heterocycles. The van der Waals surface area contributed by atoms with Crippen molar-refractivity contribution >= 4 is 34.6 Å². The third kappa shape index (κ3) is 4.36. The van der Waals surface area contributed by atoms with E-state index in [0.29, 0.717) is 18.7 Å². The molecule has 1 aromatic heterocycles. The van der Waals surface area contributed by atoms with Gasteiger partial charge in [0.05, 0.1) is 13.7 Å². The third-order valence-electron chi connectivity index (χ3n) is 4.81. The van der Waals surface area contributed by atoms with Crippen LogP contribution in [-0.2, 0) is 25.6 Å². The summed E-state index contributed by atoms with van der Waals surface area (Å²) in [7, 11) is 1.35. The highest BCUT2D eigenvalue weighted by Crippen LogP contribution is 2.36. The number of amides is 2. The third-order valence-corrected chi connectivity index (χ3v) is 4.81. The first-order chi connectivity index (χ1) is 13.6. The van der Waals surface area contributed by atoms with Gasteiger partial charge in [-0.05, 0) is 38.5 Å². The summed E-state index contributed by atoms with van der Waals surface area (Å²) in [4.78, 5) is 41.7. The van der Waals surface area contributed by atoms with Crippen LogP contribution >= 0.6 is 0 Å². The van der Waals surface area contributed by atoms with Crippen LogP contribution in [0, 0.1) is 0 Å². The predicted octanol–water partition coefficient (Wildman–Crippen LogP) is 3.52. The molecule has 29 heavy (non-hydrogen) atoms. The van der Waals surface area contributed by atoms with Crippen LogP contribution in [-0.4, -0.2) is 47.1 Å². The molecule has 156 valence electrons. The number of nitrogens with one attached hydrogen (secondary N) is 2. The fourth-order valence-corrected chi connectivity index (χ4v) is 3.61. The number of ether oxygens (including phenoxy) is 2. The van der Waals surface area contributed by atoms with E-state index in [1.807, 2.05) is 6.07 Å². The number of anilines is 1. The molecule has 2 heterocycles. The van der Waals surface area contributed by atoms with Gasteiger partial charge in [0.15, 0.2) is 0 Å². The van der Waals surface area contributed by atoms with Crippen LogP contribution in [0.15, 0.2) is 18.2 Å². The lowest BCUT2D eigenvalue weighted by atomic mass is 9.91. The van der Waals surface area contributed by atoms with Crippen LogP contribution in [0.4, 0.5) is 10.5 Å². The number of aromatic nitrogens is 1. The average Bonchev–Trinajstić information content (AvgIpc) is 3.01. The number of H-pyrrole nitrogens is 1. The molecule has 2 aromatic rings. The Balaban J connectivity index is 1.96. The minimum absolute atomic E-state index is 0.0181. The fraction of sp³-hybridized carbons (Fsp3) is 0.476. The van der Waals surface area contributed by atoms with Crippen molar-refractivity contribution in [2.45, 2.75) is 52.2 Å². The van der Waals surface area contributed by atoms with Crippen molar-refractivity contribution in [3.63, 3.8) is 0 Å². The van der Waals surface area contributed by atoms with Gasteiger partial charge in [-0.3, -0.25) is 14.9 Å². The summed E-state index contributed by atoms with van der Waals surface area (Å²) in [5.74, 6) is -0.954. The molecule has 1 atom stereocenters. The standard InChI is InChI=1S/C21H27N3O5/c1-6-17(25)24-10-14(19(26)28-5)18-13-8-7-12(9-15(13)23-16(18)11-24)22-20(27)29-21(2,3)4/h7-9,14,23H,6,10-11H2,1-5H3,(H,22,27). The SMILES string of the molecule is CCC(=O)N1Cc2[nH]c3cc(NC(=O)OC(C)(C)C)ccc3c2C(C(=O)OC)C1. The van der Waals surface area contributed by atoms with Crippen molar-refractivity contribution < 1.29 is 23.9 Å². The van der Waals surface area contributed by atoms with Crippen molar-refractivity contribution in [3.8, 4) is 0 Å². The van der Waals surface area contributed by atoms with E-state index in [1.165, 1.54) is 7.11 Å². The summed E-state index contributed by atoms with van der Waals surface area (Å²) >= 11 is 0.